The average Bonchev–Trinajstić information content (AvgIpc) is 2.71. The van der Waals surface area contributed by atoms with Crippen molar-refractivity contribution in [3.63, 3.8) is 0 Å². The average molecular weight is 248 g/mol. The van der Waals surface area contributed by atoms with Crippen LogP contribution >= 0.6 is 12.2 Å². The third-order valence-corrected chi connectivity index (χ3v) is 2.82. The topological polar surface area (TPSA) is 76.7 Å². The smallest absolute Gasteiger partial charge is 0.240 e. The summed E-state index contributed by atoms with van der Waals surface area (Å²) in [6.45, 7) is 1.69. The Kier molecular flexibility index (Phi) is 3.06. The number of nitrogens with one attached hydrogen (secondary N) is 1. The first-order valence-electron chi connectivity index (χ1n) is 5.13. The van der Waals surface area contributed by atoms with E-state index in [4.69, 9.17) is 18.0 Å². The lowest BCUT2D eigenvalue weighted by atomic mass is 10.2. The van der Waals surface area contributed by atoms with Crippen molar-refractivity contribution in [2.45, 2.75) is 13.0 Å². The Morgan fingerprint density at radius 1 is 1.47 bits per heavy atom. The van der Waals surface area contributed by atoms with Crippen LogP contribution in [0.4, 0.5) is 0 Å². The van der Waals surface area contributed by atoms with Crippen molar-refractivity contribution in [1.29, 1.82) is 0 Å². The molecule has 0 saturated heterocycles. The number of nitrogens with two attached hydrogens (primary N) is 1. The van der Waals surface area contributed by atoms with E-state index in [1.807, 2.05) is 30.3 Å². The van der Waals surface area contributed by atoms with E-state index >= 15 is 0 Å². The number of aromatic nitrogens is 3. The molecule has 0 radical (unpaired) electrons. The van der Waals surface area contributed by atoms with Crippen LogP contribution in [0.3, 0.4) is 0 Å². The van der Waals surface area contributed by atoms with Crippen molar-refractivity contribution in [2.75, 3.05) is 0 Å². The van der Waals surface area contributed by atoms with Gasteiger partial charge in [-0.25, -0.2) is 0 Å². The fourth-order valence-corrected chi connectivity index (χ4v) is 1.87. The fraction of sp³-hybridized carbons (Fsp3) is 0.182. The number of amides is 1. The molecule has 6 heteroatoms. The second-order valence-corrected chi connectivity index (χ2v) is 4.05. The van der Waals surface area contributed by atoms with Gasteiger partial charge in [-0.3, -0.25) is 14.5 Å². The highest BCUT2D eigenvalue weighted by Gasteiger charge is 2.18. The lowest BCUT2D eigenvalue weighted by Crippen LogP contribution is -2.24. The molecule has 1 amide bonds. The number of rotatable bonds is 3. The van der Waals surface area contributed by atoms with Crippen molar-refractivity contribution < 1.29 is 4.79 Å². The van der Waals surface area contributed by atoms with Gasteiger partial charge in [0.05, 0.1) is 0 Å². The molecule has 5 nitrogen and oxygen atoms in total. The third kappa shape index (κ3) is 2.12. The Bertz CT molecular complexity index is 587. The number of aromatic amines is 1. The monoisotopic (exact) mass is 248 g/mol. The Labute approximate surface area is 103 Å². The van der Waals surface area contributed by atoms with E-state index in [9.17, 15) is 4.79 Å². The van der Waals surface area contributed by atoms with Gasteiger partial charge in [-0.15, -0.1) is 0 Å². The van der Waals surface area contributed by atoms with Crippen molar-refractivity contribution in [1.82, 2.24) is 14.8 Å². The minimum atomic E-state index is -0.531. The molecule has 1 aromatic heterocycles. The maximum atomic E-state index is 11.2. The Balaban J connectivity index is 2.58. The minimum Gasteiger partial charge on any atom is -0.368 e. The highest BCUT2D eigenvalue weighted by molar-refractivity contribution is 7.71. The van der Waals surface area contributed by atoms with Crippen LogP contribution in [0.15, 0.2) is 30.3 Å². The van der Waals surface area contributed by atoms with Crippen LogP contribution < -0.4 is 5.73 Å². The second-order valence-electron chi connectivity index (χ2n) is 3.67. The van der Waals surface area contributed by atoms with E-state index in [0.29, 0.717) is 10.6 Å². The summed E-state index contributed by atoms with van der Waals surface area (Å²) >= 11 is 5.11. The molecule has 1 heterocycles. The molecule has 0 aliphatic heterocycles. The van der Waals surface area contributed by atoms with Crippen LogP contribution in [0.2, 0.25) is 0 Å². The number of carbonyl (C=O) groups is 1. The zero-order chi connectivity index (χ0) is 12.4. The van der Waals surface area contributed by atoms with Gasteiger partial charge < -0.3 is 5.73 Å². The van der Waals surface area contributed by atoms with Gasteiger partial charge in [0.25, 0.3) is 0 Å². The molecule has 0 aliphatic rings. The summed E-state index contributed by atoms with van der Waals surface area (Å²) in [5, 5.41) is 6.81. The van der Waals surface area contributed by atoms with Crippen LogP contribution in [0, 0.1) is 4.77 Å². The first-order valence-corrected chi connectivity index (χ1v) is 5.53. The van der Waals surface area contributed by atoms with E-state index in [-0.39, 0.29) is 0 Å². The van der Waals surface area contributed by atoms with Gasteiger partial charge in [0.1, 0.15) is 6.04 Å². The molecule has 0 fully saturated rings. The lowest BCUT2D eigenvalue weighted by molar-refractivity contribution is -0.120. The molecule has 0 spiro atoms. The molecule has 0 bridgehead atoms. The number of hydrogen-bond acceptors (Lipinski definition) is 3. The molecule has 1 unspecified atom stereocenters. The highest BCUT2D eigenvalue weighted by Crippen LogP contribution is 2.20. The summed E-state index contributed by atoms with van der Waals surface area (Å²) in [5.74, 6) is 0.168. The van der Waals surface area contributed by atoms with Gasteiger partial charge in [0, 0.05) is 5.56 Å². The largest absolute Gasteiger partial charge is 0.368 e. The zero-order valence-electron chi connectivity index (χ0n) is 9.25. The van der Waals surface area contributed by atoms with E-state index in [1.165, 1.54) is 0 Å². The van der Waals surface area contributed by atoms with Gasteiger partial charge in [-0.2, -0.15) is 5.10 Å². The quantitative estimate of drug-likeness (QED) is 0.811. The molecule has 1 atom stereocenters. The molecular weight excluding hydrogens is 236 g/mol. The van der Waals surface area contributed by atoms with Crippen LogP contribution in [0.25, 0.3) is 11.4 Å². The SMILES string of the molecule is CC(C(N)=O)n1c(-c2ccccc2)n[nH]c1=S. The van der Waals surface area contributed by atoms with Gasteiger partial charge in [0.15, 0.2) is 10.6 Å². The maximum Gasteiger partial charge on any atom is 0.240 e. The number of benzene rings is 1. The molecule has 17 heavy (non-hydrogen) atoms. The summed E-state index contributed by atoms with van der Waals surface area (Å²) in [6.07, 6.45) is 0. The molecular formula is C11H12N4OS. The van der Waals surface area contributed by atoms with Gasteiger partial charge in [0.2, 0.25) is 5.91 Å². The third-order valence-electron chi connectivity index (χ3n) is 2.54. The fourth-order valence-electron chi connectivity index (χ4n) is 1.58. The number of hydrogen-bond donors (Lipinski definition) is 2. The first kappa shape index (κ1) is 11.5. The van der Waals surface area contributed by atoms with E-state index in [2.05, 4.69) is 10.2 Å². The van der Waals surface area contributed by atoms with Gasteiger partial charge in [-0.1, -0.05) is 30.3 Å². The zero-order valence-corrected chi connectivity index (χ0v) is 10.1. The molecule has 3 N–H and O–H groups in total. The minimum absolute atomic E-state index is 0.384. The van der Waals surface area contributed by atoms with Crippen molar-refractivity contribution in [2.24, 2.45) is 5.73 Å². The lowest BCUT2D eigenvalue weighted by Gasteiger charge is -2.11. The van der Waals surface area contributed by atoms with Crippen molar-refractivity contribution in [3.8, 4) is 11.4 Å². The van der Waals surface area contributed by atoms with Crippen LogP contribution in [0.5, 0.6) is 0 Å². The maximum absolute atomic E-state index is 11.2. The summed E-state index contributed by atoms with van der Waals surface area (Å²) in [4.78, 5) is 11.2. The van der Waals surface area contributed by atoms with Gasteiger partial charge in [-0.05, 0) is 19.1 Å². The molecule has 1 aromatic carbocycles. The van der Waals surface area contributed by atoms with E-state index in [1.54, 1.807) is 11.5 Å². The number of H-pyrrole nitrogens is 1. The van der Waals surface area contributed by atoms with E-state index in [0.717, 1.165) is 5.56 Å². The molecule has 88 valence electrons. The van der Waals surface area contributed by atoms with Crippen LogP contribution in [0.1, 0.15) is 13.0 Å². The number of nitrogens with zero attached hydrogens (tertiary/aromatic N) is 2. The van der Waals surface area contributed by atoms with Crippen LogP contribution in [-0.4, -0.2) is 20.7 Å². The Morgan fingerprint density at radius 3 is 2.71 bits per heavy atom. The molecule has 0 saturated carbocycles. The molecule has 0 aliphatic carbocycles. The van der Waals surface area contributed by atoms with Crippen LogP contribution in [-0.2, 0) is 4.79 Å². The summed E-state index contributed by atoms with van der Waals surface area (Å²) in [5.41, 5.74) is 6.18. The first-order chi connectivity index (χ1) is 8.11. The van der Waals surface area contributed by atoms with Crippen molar-refractivity contribution in [3.05, 3.63) is 35.1 Å². The second kappa shape index (κ2) is 4.50. The summed E-state index contributed by atoms with van der Waals surface area (Å²) in [6, 6.07) is 8.96. The Morgan fingerprint density at radius 2 is 2.12 bits per heavy atom. The number of primary amides is 1. The normalized spacial score (nSPS) is 12.3. The molecule has 2 aromatic rings. The predicted octanol–water partition coefficient (Wildman–Crippen LogP) is 1.65. The predicted molar refractivity (Wildman–Crippen MR) is 66.8 cm³/mol. The van der Waals surface area contributed by atoms with Crippen molar-refractivity contribution >= 4 is 18.1 Å². The number of carbonyl (C=O) groups excluding carboxylic acids is 1. The Hall–Kier alpha value is -1.95. The van der Waals surface area contributed by atoms with E-state index < -0.39 is 11.9 Å². The summed E-state index contributed by atoms with van der Waals surface area (Å²) < 4.78 is 2.00. The van der Waals surface area contributed by atoms with Gasteiger partial charge >= 0.3 is 0 Å². The molecule has 2 rings (SSSR count). The highest BCUT2D eigenvalue weighted by atomic mass is 32.1. The standard InChI is InChI=1S/C11H12N4OS/c1-7(9(12)16)15-10(13-14-11(15)17)8-5-3-2-4-6-8/h2-7H,1H3,(H2,12,16)(H,14,17). The summed E-state index contributed by atoms with van der Waals surface area (Å²) in [7, 11) is 0.